The van der Waals surface area contributed by atoms with Gasteiger partial charge >= 0.3 is 0 Å². The summed E-state index contributed by atoms with van der Waals surface area (Å²) in [4.78, 5) is 19.4. The molecule has 0 spiro atoms. The summed E-state index contributed by atoms with van der Waals surface area (Å²) in [5.41, 5.74) is 5.00. The van der Waals surface area contributed by atoms with E-state index in [9.17, 15) is 4.79 Å². The van der Waals surface area contributed by atoms with Crippen LogP contribution < -0.4 is 4.90 Å². The van der Waals surface area contributed by atoms with Crippen LogP contribution in [-0.4, -0.2) is 11.6 Å². The fourth-order valence-electron chi connectivity index (χ4n) is 2.97. The van der Waals surface area contributed by atoms with Gasteiger partial charge in [-0.2, -0.15) is 0 Å². The number of aliphatic imine (C=N–C) groups is 1. The van der Waals surface area contributed by atoms with Gasteiger partial charge in [-0.25, -0.2) is 4.99 Å². The van der Waals surface area contributed by atoms with Crippen LogP contribution >= 0.6 is 0 Å². The van der Waals surface area contributed by atoms with Gasteiger partial charge in [0.1, 0.15) is 5.71 Å². The van der Waals surface area contributed by atoms with Crippen molar-refractivity contribution in [3.63, 3.8) is 0 Å². The van der Waals surface area contributed by atoms with Gasteiger partial charge in [0.05, 0.1) is 11.4 Å². The molecule has 0 saturated carbocycles. The second-order valence-corrected chi connectivity index (χ2v) is 5.79. The molecule has 1 aliphatic heterocycles. The lowest BCUT2D eigenvalue weighted by molar-refractivity contribution is -0.111. The Labute approximate surface area is 140 Å². The largest absolute Gasteiger partial charge is 0.282 e. The molecule has 3 heteroatoms. The van der Waals surface area contributed by atoms with Crippen LogP contribution in [0.25, 0.3) is 0 Å². The van der Waals surface area contributed by atoms with E-state index in [1.807, 2.05) is 85.8 Å². The molecule has 0 aliphatic carbocycles. The molecule has 0 bridgehead atoms. The summed E-state index contributed by atoms with van der Waals surface area (Å²) >= 11 is 0. The van der Waals surface area contributed by atoms with Crippen LogP contribution in [0.3, 0.4) is 0 Å². The highest BCUT2D eigenvalue weighted by molar-refractivity contribution is 6.56. The minimum absolute atomic E-state index is 0.0936. The number of hydrogen-bond donors (Lipinski definition) is 0. The predicted molar refractivity (Wildman–Crippen MR) is 97.4 cm³/mol. The maximum Gasteiger partial charge on any atom is 0.282 e. The first-order valence-electron chi connectivity index (χ1n) is 7.88. The molecule has 1 aliphatic rings. The number of nitrogens with zero attached hydrogens (tertiary/aromatic N) is 2. The number of carbonyl (C=O) groups excluding carboxylic acids is 1. The standard InChI is InChI=1S/C21H16N2O/c1-15-8-7-9-16(14-15)22-20-18-12-5-6-13-19(18)23(21(20)24)17-10-3-2-4-11-17/h2-14H,1H3/b22-20-. The van der Waals surface area contributed by atoms with Gasteiger partial charge in [0.15, 0.2) is 0 Å². The lowest BCUT2D eigenvalue weighted by Gasteiger charge is -2.16. The van der Waals surface area contributed by atoms with Crippen LogP contribution in [0.15, 0.2) is 83.9 Å². The molecule has 3 aromatic carbocycles. The smallest absolute Gasteiger partial charge is 0.275 e. The number of para-hydroxylation sites is 2. The van der Waals surface area contributed by atoms with E-state index in [1.165, 1.54) is 0 Å². The van der Waals surface area contributed by atoms with Crippen molar-refractivity contribution in [1.29, 1.82) is 0 Å². The molecule has 0 saturated heterocycles. The van der Waals surface area contributed by atoms with Crippen LogP contribution in [0.1, 0.15) is 11.1 Å². The highest BCUT2D eigenvalue weighted by Crippen LogP contribution is 2.36. The van der Waals surface area contributed by atoms with Gasteiger partial charge in [-0.15, -0.1) is 0 Å². The van der Waals surface area contributed by atoms with Crippen molar-refractivity contribution in [3.8, 4) is 0 Å². The monoisotopic (exact) mass is 312 g/mol. The van der Waals surface area contributed by atoms with Gasteiger partial charge < -0.3 is 0 Å². The summed E-state index contributed by atoms with van der Waals surface area (Å²) in [6, 6.07) is 25.3. The molecule has 4 rings (SSSR count). The molecule has 3 nitrogen and oxygen atoms in total. The lowest BCUT2D eigenvalue weighted by atomic mass is 10.1. The van der Waals surface area contributed by atoms with Crippen molar-refractivity contribution < 1.29 is 4.79 Å². The number of benzene rings is 3. The predicted octanol–water partition coefficient (Wildman–Crippen LogP) is 4.79. The van der Waals surface area contributed by atoms with Gasteiger partial charge in [-0.1, -0.05) is 48.5 Å². The summed E-state index contributed by atoms with van der Waals surface area (Å²) in [5, 5.41) is 0. The van der Waals surface area contributed by atoms with E-state index in [0.717, 1.165) is 28.2 Å². The minimum atomic E-state index is -0.0936. The Bertz CT molecular complexity index is 945. The van der Waals surface area contributed by atoms with Gasteiger partial charge in [0, 0.05) is 11.3 Å². The normalized spacial score (nSPS) is 15.0. The third-order valence-corrected chi connectivity index (χ3v) is 4.06. The molecule has 116 valence electrons. The first kappa shape index (κ1) is 14.4. The van der Waals surface area contributed by atoms with E-state index in [0.29, 0.717) is 5.71 Å². The quantitative estimate of drug-likeness (QED) is 0.669. The summed E-state index contributed by atoms with van der Waals surface area (Å²) < 4.78 is 0. The van der Waals surface area contributed by atoms with Crippen molar-refractivity contribution >= 4 is 28.7 Å². The van der Waals surface area contributed by atoms with Crippen LogP contribution in [-0.2, 0) is 4.79 Å². The number of aryl methyl sites for hydroxylation is 1. The molecule has 3 aromatic rings. The number of anilines is 2. The van der Waals surface area contributed by atoms with E-state index in [-0.39, 0.29) is 5.91 Å². The zero-order chi connectivity index (χ0) is 16.5. The summed E-state index contributed by atoms with van der Waals surface area (Å²) in [6.07, 6.45) is 0. The fourth-order valence-corrected chi connectivity index (χ4v) is 2.97. The molecule has 0 fully saturated rings. The van der Waals surface area contributed by atoms with Crippen molar-refractivity contribution in [1.82, 2.24) is 0 Å². The Morgan fingerprint density at radius 1 is 0.833 bits per heavy atom. The fraction of sp³-hybridized carbons (Fsp3) is 0.0476. The SMILES string of the molecule is Cc1cccc(/N=C2\C(=O)N(c3ccccc3)c3ccccc32)c1. The van der Waals surface area contributed by atoms with E-state index in [1.54, 1.807) is 4.90 Å². The van der Waals surface area contributed by atoms with E-state index < -0.39 is 0 Å². The number of carbonyl (C=O) groups is 1. The summed E-state index contributed by atoms with van der Waals surface area (Å²) in [5.74, 6) is -0.0936. The average molecular weight is 312 g/mol. The van der Waals surface area contributed by atoms with E-state index in [2.05, 4.69) is 4.99 Å². The van der Waals surface area contributed by atoms with Crippen molar-refractivity contribution in [2.75, 3.05) is 4.90 Å². The van der Waals surface area contributed by atoms with Crippen molar-refractivity contribution in [2.24, 2.45) is 4.99 Å². The van der Waals surface area contributed by atoms with Gasteiger partial charge in [0.25, 0.3) is 5.91 Å². The molecular formula is C21H16N2O. The number of hydrogen-bond acceptors (Lipinski definition) is 2. The maximum atomic E-state index is 13.0. The van der Waals surface area contributed by atoms with E-state index >= 15 is 0 Å². The highest BCUT2D eigenvalue weighted by Gasteiger charge is 2.34. The Balaban J connectivity index is 1.87. The third-order valence-electron chi connectivity index (χ3n) is 4.06. The van der Waals surface area contributed by atoms with E-state index in [4.69, 9.17) is 0 Å². The Morgan fingerprint density at radius 3 is 2.38 bits per heavy atom. The zero-order valence-corrected chi connectivity index (χ0v) is 13.3. The maximum absolute atomic E-state index is 13.0. The first-order valence-corrected chi connectivity index (χ1v) is 7.88. The van der Waals surface area contributed by atoms with Gasteiger partial charge in [-0.3, -0.25) is 9.69 Å². The van der Waals surface area contributed by atoms with Gasteiger partial charge in [-0.05, 0) is 42.8 Å². The topological polar surface area (TPSA) is 32.7 Å². The highest BCUT2D eigenvalue weighted by atomic mass is 16.2. The molecule has 0 N–H and O–H groups in total. The molecular weight excluding hydrogens is 296 g/mol. The second kappa shape index (κ2) is 5.78. The Morgan fingerprint density at radius 2 is 1.58 bits per heavy atom. The number of amides is 1. The second-order valence-electron chi connectivity index (χ2n) is 5.79. The number of fused-ring (bicyclic) bond motifs is 1. The number of rotatable bonds is 2. The molecule has 24 heavy (non-hydrogen) atoms. The Kier molecular flexibility index (Phi) is 3.47. The lowest BCUT2D eigenvalue weighted by Crippen LogP contribution is -2.25. The molecule has 0 atom stereocenters. The molecule has 0 unspecified atom stereocenters. The summed E-state index contributed by atoms with van der Waals surface area (Å²) in [7, 11) is 0. The van der Waals surface area contributed by atoms with Crippen molar-refractivity contribution in [2.45, 2.75) is 6.92 Å². The first-order chi connectivity index (χ1) is 11.7. The third kappa shape index (κ3) is 2.40. The van der Waals surface area contributed by atoms with Crippen LogP contribution in [0.4, 0.5) is 17.1 Å². The Hall–Kier alpha value is -3.20. The average Bonchev–Trinajstić information content (AvgIpc) is 2.88. The van der Waals surface area contributed by atoms with Crippen molar-refractivity contribution in [3.05, 3.63) is 90.0 Å². The van der Waals surface area contributed by atoms with Crippen LogP contribution in [0.2, 0.25) is 0 Å². The van der Waals surface area contributed by atoms with Crippen LogP contribution in [0.5, 0.6) is 0 Å². The van der Waals surface area contributed by atoms with Crippen LogP contribution in [0, 0.1) is 6.92 Å². The zero-order valence-electron chi connectivity index (χ0n) is 13.3. The summed E-state index contributed by atoms with van der Waals surface area (Å²) in [6.45, 7) is 2.02. The molecule has 0 radical (unpaired) electrons. The minimum Gasteiger partial charge on any atom is -0.275 e. The molecule has 1 heterocycles. The van der Waals surface area contributed by atoms with Gasteiger partial charge in [0.2, 0.25) is 0 Å². The molecule has 1 amide bonds. The molecule has 0 aromatic heterocycles.